The van der Waals surface area contributed by atoms with Crippen LogP contribution in [0.3, 0.4) is 0 Å². The van der Waals surface area contributed by atoms with E-state index in [4.69, 9.17) is 14.2 Å². The Bertz CT molecular complexity index is 2080. The van der Waals surface area contributed by atoms with Crippen LogP contribution in [0.5, 0.6) is 11.6 Å². The van der Waals surface area contributed by atoms with Gasteiger partial charge in [-0.15, -0.1) is 0 Å². The number of fused-ring (bicyclic) bond motifs is 3. The maximum atomic E-state index is 15.1. The van der Waals surface area contributed by atoms with Gasteiger partial charge in [0.25, 0.3) is 5.92 Å². The average Bonchev–Trinajstić information content (AvgIpc) is 4.04. The highest BCUT2D eigenvalue weighted by Crippen LogP contribution is 2.58. The van der Waals surface area contributed by atoms with Crippen molar-refractivity contribution in [1.29, 1.82) is 0 Å². The van der Waals surface area contributed by atoms with Crippen molar-refractivity contribution in [2.24, 2.45) is 29.1 Å². The number of hydrogen-bond acceptors (Lipinski definition) is 10. The molecule has 4 aliphatic rings. The zero-order valence-corrected chi connectivity index (χ0v) is 36.0. The zero-order valence-electron chi connectivity index (χ0n) is 35.2. The molecule has 1 saturated heterocycles. The number of alkyl halides is 2. The van der Waals surface area contributed by atoms with Crippen LogP contribution >= 0.6 is 0 Å². The molecule has 59 heavy (non-hydrogen) atoms. The normalized spacial score (nSPS) is 29.3. The molecular formula is C44H59F2N3O9S. The predicted molar refractivity (Wildman–Crippen MR) is 217 cm³/mol. The fraction of sp³-hybridized carbons (Fsp3) is 0.659. The van der Waals surface area contributed by atoms with Crippen molar-refractivity contribution in [3.05, 3.63) is 42.6 Å². The number of amides is 2. The van der Waals surface area contributed by atoms with Crippen LogP contribution in [0.2, 0.25) is 0 Å². The molecule has 3 heterocycles. The van der Waals surface area contributed by atoms with E-state index in [9.17, 15) is 31.6 Å². The van der Waals surface area contributed by atoms with E-state index in [1.165, 1.54) is 4.90 Å². The molecule has 15 heteroatoms. The predicted octanol–water partition coefficient (Wildman–Crippen LogP) is 7.33. The third-order valence-corrected chi connectivity index (χ3v) is 15.4. The van der Waals surface area contributed by atoms with Crippen LogP contribution in [0.15, 0.2) is 42.6 Å². The number of Topliss-reactive ketones (excluding diaryl/α,β-unsaturated/α-hetero) is 1. The molecule has 0 spiro atoms. The summed E-state index contributed by atoms with van der Waals surface area (Å²) in [6.07, 6.45) is 7.45. The molecule has 2 amide bonds. The van der Waals surface area contributed by atoms with Crippen molar-refractivity contribution in [3.8, 4) is 11.6 Å². The van der Waals surface area contributed by atoms with Gasteiger partial charge in [-0.05, 0) is 114 Å². The highest BCUT2D eigenvalue weighted by atomic mass is 32.2. The first-order chi connectivity index (χ1) is 27.6. The summed E-state index contributed by atoms with van der Waals surface area (Å²) in [7, 11) is -4.01. The highest BCUT2D eigenvalue weighted by molar-refractivity contribution is 7.91. The monoisotopic (exact) mass is 843 g/mol. The van der Waals surface area contributed by atoms with Gasteiger partial charge in [0.15, 0.2) is 11.4 Å². The van der Waals surface area contributed by atoms with Crippen LogP contribution < -0.4 is 14.2 Å². The second-order valence-electron chi connectivity index (χ2n) is 18.1. The van der Waals surface area contributed by atoms with E-state index in [0.29, 0.717) is 56.8 Å². The zero-order chi connectivity index (χ0) is 43.1. The average molecular weight is 844 g/mol. The van der Waals surface area contributed by atoms with E-state index in [-0.39, 0.29) is 49.4 Å². The molecule has 1 aromatic heterocycles. The fourth-order valence-corrected chi connectivity index (χ4v) is 9.91. The van der Waals surface area contributed by atoms with Crippen molar-refractivity contribution in [2.75, 3.05) is 13.2 Å². The number of sulfonamides is 1. The maximum absolute atomic E-state index is 15.1. The largest absolute Gasteiger partial charge is 0.494 e. The second-order valence-corrected chi connectivity index (χ2v) is 20.3. The van der Waals surface area contributed by atoms with E-state index < -0.39 is 79.8 Å². The molecule has 6 rings (SSSR count). The standard InChI is InChI=1S/C44H59F2N3O9S/c1-8-28-20-27(3)12-10-11-13-30-24-44(30,40(53)48-59(54,55)42(6)17-18-42)25-36(50)35-22-32(57-38-33-15-14-31(56-9-2)21-29(33)16-19-47-38)26-49(35)39(52)34(28)23-37(51)58-41(4,5)43(7,45)46/h11,13-16,19,21,27-28,30,32,34-35H,8-10,12,17-18,20,22-26H2,1-7H3,(H,48,53)/b13-11-/t27-,28-,30-,32-,34+,35+,44-/m1/s1. The van der Waals surface area contributed by atoms with E-state index in [1.54, 1.807) is 19.2 Å². The summed E-state index contributed by atoms with van der Waals surface area (Å²) in [5.41, 5.74) is -3.48. The number of carbonyl (C=O) groups is 4. The smallest absolute Gasteiger partial charge is 0.307 e. The number of benzene rings is 1. The number of rotatable bonds is 12. The summed E-state index contributed by atoms with van der Waals surface area (Å²) in [4.78, 5) is 63.3. The summed E-state index contributed by atoms with van der Waals surface area (Å²) in [6.45, 7) is 10.8. The van der Waals surface area contributed by atoms with Crippen LogP contribution in [0.1, 0.15) is 113 Å². The Balaban J connectivity index is 1.36. The summed E-state index contributed by atoms with van der Waals surface area (Å²) >= 11 is 0. The van der Waals surface area contributed by atoms with Crippen molar-refractivity contribution >= 4 is 44.4 Å². The number of esters is 1. The first-order valence-corrected chi connectivity index (χ1v) is 22.5. The van der Waals surface area contributed by atoms with Gasteiger partial charge >= 0.3 is 5.97 Å². The SMILES string of the molecule is CCOc1ccc2c(O[C@@H]3C[C@H]4C(=O)C[C@]5(C(=O)NS(=O)(=O)C6(C)CC6)C[C@H]5/C=C\CC[C@@H](C)C[C@@H](CC)[C@H](CC(=O)OC(C)(C)C(C)(F)F)C(=O)N4C3)nccc2c1. The van der Waals surface area contributed by atoms with Gasteiger partial charge in [0, 0.05) is 31.3 Å². The number of ketones is 1. The molecule has 2 aliphatic carbocycles. The second kappa shape index (κ2) is 16.7. The summed E-state index contributed by atoms with van der Waals surface area (Å²) < 4.78 is 74.3. The Kier molecular flexibility index (Phi) is 12.6. The van der Waals surface area contributed by atoms with Crippen LogP contribution in [0, 0.1) is 29.1 Å². The minimum Gasteiger partial charge on any atom is -0.494 e. The van der Waals surface area contributed by atoms with E-state index in [0.717, 1.165) is 25.7 Å². The molecule has 3 fully saturated rings. The first kappa shape index (κ1) is 44.4. The Morgan fingerprint density at radius 1 is 1.08 bits per heavy atom. The van der Waals surface area contributed by atoms with Crippen molar-refractivity contribution in [3.63, 3.8) is 0 Å². The minimum absolute atomic E-state index is 0.0354. The third-order valence-electron chi connectivity index (χ3n) is 13.2. The molecule has 2 aliphatic heterocycles. The molecule has 1 N–H and O–H groups in total. The van der Waals surface area contributed by atoms with Gasteiger partial charge in [-0.2, -0.15) is 0 Å². The Morgan fingerprint density at radius 3 is 2.47 bits per heavy atom. The Hall–Kier alpha value is -4.14. The fourth-order valence-electron chi connectivity index (χ4n) is 8.57. The van der Waals surface area contributed by atoms with Gasteiger partial charge in [0.05, 0.1) is 41.7 Å². The Morgan fingerprint density at radius 2 is 1.81 bits per heavy atom. The molecule has 0 radical (unpaired) electrons. The lowest BCUT2D eigenvalue weighted by Gasteiger charge is -2.35. The van der Waals surface area contributed by atoms with Crippen molar-refractivity contribution in [2.45, 2.75) is 141 Å². The number of hydrogen-bond donors (Lipinski definition) is 1. The molecule has 2 aromatic rings. The van der Waals surface area contributed by atoms with Crippen LogP contribution in [-0.2, 0) is 33.9 Å². The van der Waals surface area contributed by atoms with Crippen molar-refractivity contribution in [1.82, 2.24) is 14.6 Å². The number of nitrogens with zero attached hydrogens (tertiary/aromatic N) is 2. The molecule has 324 valence electrons. The number of allylic oxidation sites excluding steroid dienone is 2. The lowest BCUT2D eigenvalue weighted by atomic mass is 9.79. The summed E-state index contributed by atoms with van der Waals surface area (Å²) in [6, 6.07) is 6.19. The van der Waals surface area contributed by atoms with Gasteiger partial charge in [-0.1, -0.05) is 32.4 Å². The van der Waals surface area contributed by atoms with Gasteiger partial charge in [0.1, 0.15) is 11.9 Å². The quantitative estimate of drug-likeness (QED) is 0.169. The topological polar surface area (TPSA) is 158 Å². The molecule has 12 nitrogen and oxygen atoms in total. The lowest BCUT2D eigenvalue weighted by molar-refractivity contribution is -0.197. The highest BCUT2D eigenvalue weighted by Gasteiger charge is 2.63. The van der Waals surface area contributed by atoms with Crippen LogP contribution in [0.25, 0.3) is 10.8 Å². The van der Waals surface area contributed by atoms with E-state index in [1.807, 2.05) is 51.1 Å². The number of ether oxygens (including phenoxy) is 3. The van der Waals surface area contributed by atoms with Crippen LogP contribution in [0.4, 0.5) is 8.78 Å². The van der Waals surface area contributed by atoms with Gasteiger partial charge in [-0.3, -0.25) is 23.9 Å². The van der Waals surface area contributed by atoms with E-state index in [2.05, 4.69) is 9.71 Å². The van der Waals surface area contributed by atoms with E-state index >= 15 is 4.79 Å². The lowest BCUT2D eigenvalue weighted by Crippen LogP contribution is -2.49. The van der Waals surface area contributed by atoms with Gasteiger partial charge in [0.2, 0.25) is 27.7 Å². The Labute approximate surface area is 346 Å². The number of aromatic nitrogens is 1. The molecule has 1 aromatic carbocycles. The summed E-state index contributed by atoms with van der Waals surface area (Å²) in [5, 5.41) is 1.48. The number of carbonyl (C=O) groups excluding carboxylic acids is 4. The van der Waals surface area contributed by atoms with Gasteiger partial charge < -0.3 is 19.1 Å². The first-order valence-electron chi connectivity index (χ1n) is 21.0. The number of pyridine rings is 1. The maximum Gasteiger partial charge on any atom is 0.307 e. The molecular weight excluding hydrogens is 785 g/mol. The number of halogens is 2. The van der Waals surface area contributed by atoms with Crippen LogP contribution in [-0.4, -0.2) is 83.4 Å². The van der Waals surface area contributed by atoms with Gasteiger partial charge in [-0.25, -0.2) is 22.2 Å². The molecule has 0 bridgehead atoms. The molecule has 7 atom stereocenters. The van der Waals surface area contributed by atoms with Crippen molar-refractivity contribution < 1.29 is 50.6 Å². The third kappa shape index (κ3) is 9.44. The molecule has 0 unspecified atom stereocenters. The minimum atomic E-state index is -4.01. The summed E-state index contributed by atoms with van der Waals surface area (Å²) in [5.74, 6) is -6.74. The number of nitrogens with one attached hydrogen (secondary N) is 1. The molecule has 2 saturated carbocycles.